The van der Waals surface area contributed by atoms with E-state index in [-0.39, 0.29) is 11.9 Å². The van der Waals surface area contributed by atoms with Gasteiger partial charge in [-0.25, -0.2) is 4.79 Å². The maximum atomic E-state index is 12.0. The van der Waals surface area contributed by atoms with E-state index in [1.807, 2.05) is 12.1 Å². The number of carbonyl (C=O) groups excluding carboxylic acids is 2. The minimum Gasteiger partial charge on any atom is -0.323 e. The van der Waals surface area contributed by atoms with E-state index < -0.39 is 0 Å². The lowest BCUT2D eigenvalue weighted by molar-refractivity contribution is -0.126. The van der Waals surface area contributed by atoms with Crippen molar-refractivity contribution in [1.82, 2.24) is 9.80 Å². The van der Waals surface area contributed by atoms with Gasteiger partial charge in [0.25, 0.3) is 0 Å². The Bertz CT molecular complexity index is 431. The first-order chi connectivity index (χ1) is 8.45. The Balaban J connectivity index is 2.70. The maximum Gasteiger partial charge on any atom is 0.326 e. The fraction of sp³-hybridized carbons (Fsp3) is 0.385. The number of nitrogens with zero attached hydrogens (tertiary/aromatic N) is 2. The van der Waals surface area contributed by atoms with E-state index in [9.17, 15) is 9.59 Å². The molecule has 4 nitrogen and oxygen atoms in total. The smallest absolute Gasteiger partial charge is 0.323 e. The first-order valence-corrected chi connectivity index (χ1v) is 6.11. The Hall–Kier alpha value is -1.55. The van der Waals surface area contributed by atoms with Crippen LogP contribution in [0.3, 0.4) is 0 Å². The van der Waals surface area contributed by atoms with Crippen molar-refractivity contribution in [2.75, 3.05) is 13.6 Å². The molecule has 0 bridgehead atoms. The number of halogens is 1. The molecule has 0 aliphatic rings. The van der Waals surface area contributed by atoms with Crippen molar-refractivity contribution in [2.24, 2.45) is 0 Å². The van der Waals surface area contributed by atoms with E-state index in [0.29, 0.717) is 18.1 Å². The largest absolute Gasteiger partial charge is 0.326 e. The molecule has 0 aromatic heterocycles. The highest BCUT2D eigenvalue weighted by Crippen LogP contribution is 2.11. The molecule has 0 saturated carbocycles. The van der Waals surface area contributed by atoms with Crippen LogP contribution in [-0.2, 0) is 11.3 Å². The predicted molar refractivity (Wildman–Crippen MR) is 71.4 cm³/mol. The summed E-state index contributed by atoms with van der Waals surface area (Å²) >= 11 is 5.79. The van der Waals surface area contributed by atoms with Gasteiger partial charge in [0.15, 0.2) is 0 Å². The fourth-order valence-corrected chi connectivity index (χ4v) is 1.76. The summed E-state index contributed by atoms with van der Waals surface area (Å²) < 4.78 is 0. The lowest BCUT2D eigenvalue weighted by Crippen LogP contribution is -2.43. The number of urea groups is 1. The number of hydrogen-bond acceptors (Lipinski definition) is 2. The third kappa shape index (κ3) is 3.74. The average molecular weight is 269 g/mol. The summed E-state index contributed by atoms with van der Waals surface area (Å²) in [5.74, 6) is -0.245. The lowest BCUT2D eigenvalue weighted by Gasteiger charge is -2.24. The van der Waals surface area contributed by atoms with Gasteiger partial charge in [-0.3, -0.25) is 9.69 Å². The minimum atomic E-state index is -0.292. The molecule has 1 aromatic carbocycles. The summed E-state index contributed by atoms with van der Waals surface area (Å²) in [4.78, 5) is 26.0. The highest BCUT2D eigenvalue weighted by molar-refractivity contribution is 6.30. The number of rotatable bonds is 3. The van der Waals surface area contributed by atoms with Crippen molar-refractivity contribution in [1.29, 1.82) is 0 Å². The zero-order valence-corrected chi connectivity index (χ0v) is 11.6. The van der Waals surface area contributed by atoms with Gasteiger partial charge >= 0.3 is 6.03 Å². The molecular weight excluding hydrogens is 252 g/mol. The van der Waals surface area contributed by atoms with Gasteiger partial charge in [-0.1, -0.05) is 23.7 Å². The van der Waals surface area contributed by atoms with E-state index in [1.165, 1.54) is 16.7 Å². The Morgan fingerprint density at radius 3 is 2.22 bits per heavy atom. The molecule has 0 fully saturated rings. The zero-order chi connectivity index (χ0) is 13.7. The van der Waals surface area contributed by atoms with E-state index >= 15 is 0 Å². The van der Waals surface area contributed by atoms with Gasteiger partial charge < -0.3 is 4.90 Å². The lowest BCUT2D eigenvalue weighted by atomic mass is 10.2. The molecule has 0 aliphatic carbocycles. The molecule has 5 heteroatoms. The monoisotopic (exact) mass is 268 g/mol. The molecule has 3 amide bonds. The van der Waals surface area contributed by atoms with Gasteiger partial charge in [0.05, 0.1) is 0 Å². The summed E-state index contributed by atoms with van der Waals surface area (Å²) in [6.45, 7) is 3.98. The third-order valence-corrected chi connectivity index (χ3v) is 2.84. The van der Waals surface area contributed by atoms with Crippen molar-refractivity contribution >= 4 is 23.5 Å². The molecule has 1 aromatic rings. The number of imide groups is 1. The minimum absolute atomic E-state index is 0.245. The second-order valence-electron chi connectivity index (χ2n) is 4.03. The van der Waals surface area contributed by atoms with Gasteiger partial charge in [-0.05, 0) is 24.6 Å². The van der Waals surface area contributed by atoms with Crippen LogP contribution in [0.4, 0.5) is 4.79 Å². The SMILES string of the molecule is CCN(C(C)=O)C(=O)N(C)Cc1ccc(Cl)cc1. The van der Waals surface area contributed by atoms with Crippen LogP contribution in [0.25, 0.3) is 0 Å². The normalized spacial score (nSPS) is 10.0. The molecule has 0 spiro atoms. The van der Waals surface area contributed by atoms with E-state index in [2.05, 4.69) is 0 Å². The summed E-state index contributed by atoms with van der Waals surface area (Å²) in [7, 11) is 1.67. The highest BCUT2D eigenvalue weighted by Gasteiger charge is 2.19. The summed E-state index contributed by atoms with van der Waals surface area (Å²) in [5, 5.41) is 0.659. The van der Waals surface area contributed by atoms with Crippen LogP contribution >= 0.6 is 11.6 Å². The molecule has 0 N–H and O–H groups in total. The zero-order valence-electron chi connectivity index (χ0n) is 10.8. The summed E-state index contributed by atoms with van der Waals surface area (Å²) in [5.41, 5.74) is 0.967. The van der Waals surface area contributed by atoms with Crippen LogP contribution in [0, 0.1) is 0 Å². The van der Waals surface area contributed by atoms with Crippen LogP contribution in [-0.4, -0.2) is 35.3 Å². The van der Waals surface area contributed by atoms with Crippen molar-refractivity contribution < 1.29 is 9.59 Å². The van der Waals surface area contributed by atoms with Crippen molar-refractivity contribution in [3.8, 4) is 0 Å². The quantitative estimate of drug-likeness (QED) is 0.846. The molecular formula is C13H17ClN2O2. The van der Waals surface area contributed by atoms with Crippen molar-refractivity contribution in [3.05, 3.63) is 34.9 Å². The number of carbonyl (C=O) groups is 2. The van der Waals surface area contributed by atoms with Crippen LogP contribution in [0.5, 0.6) is 0 Å². The van der Waals surface area contributed by atoms with Crippen molar-refractivity contribution in [2.45, 2.75) is 20.4 Å². The molecule has 0 atom stereocenters. The Morgan fingerprint density at radius 1 is 1.22 bits per heavy atom. The van der Waals surface area contributed by atoms with Crippen LogP contribution in [0.1, 0.15) is 19.4 Å². The number of amides is 3. The highest BCUT2D eigenvalue weighted by atomic mass is 35.5. The van der Waals surface area contributed by atoms with Crippen LogP contribution < -0.4 is 0 Å². The maximum absolute atomic E-state index is 12.0. The van der Waals surface area contributed by atoms with E-state index in [4.69, 9.17) is 11.6 Å². The van der Waals surface area contributed by atoms with E-state index in [1.54, 1.807) is 26.1 Å². The first kappa shape index (κ1) is 14.5. The van der Waals surface area contributed by atoms with Gasteiger partial charge in [-0.15, -0.1) is 0 Å². The van der Waals surface area contributed by atoms with Gasteiger partial charge in [0, 0.05) is 32.1 Å². The van der Waals surface area contributed by atoms with Gasteiger partial charge in [-0.2, -0.15) is 0 Å². The fourth-order valence-electron chi connectivity index (χ4n) is 1.63. The molecule has 18 heavy (non-hydrogen) atoms. The Morgan fingerprint density at radius 2 is 1.78 bits per heavy atom. The average Bonchev–Trinajstić information content (AvgIpc) is 2.32. The third-order valence-electron chi connectivity index (χ3n) is 2.59. The Labute approximate surface area is 112 Å². The molecule has 1 rings (SSSR count). The van der Waals surface area contributed by atoms with Crippen LogP contribution in [0.15, 0.2) is 24.3 Å². The second-order valence-corrected chi connectivity index (χ2v) is 4.46. The molecule has 0 aliphatic heterocycles. The first-order valence-electron chi connectivity index (χ1n) is 5.73. The van der Waals surface area contributed by atoms with Gasteiger partial charge in [0.2, 0.25) is 5.91 Å². The Kier molecular flexibility index (Phi) is 5.16. The summed E-state index contributed by atoms with van der Waals surface area (Å²) in [6.07, 6.45) is 0. The molecule has 98 valence electrons. The second kappa shape index (κ2) is 6.40. The molecule has 0 unspecified atom stereocenters. The van der Waals surface area contributed by atoms with E-state index in [0.717, 1.165) is 5.56 Å². The predicted octanol–water partition coefficient (Wildman–Crippen LogP) is 2.76. The van der Waals surface area contributed by atoms with Crippen molar-refractivity contribution in [3.63, 3.8) is 0 Å². The molecule has 0 radical (unpaired) electrons. The number of hydrogen-bond donors (Lipinski definition) is 0. The van der Waals surface area contributed by atoms with Gasteiger partial charge in [0.1, 0.15) is 0 Å². The molecule has 0 heterocycles. The number of benzene rings is 1. The van der Waals surface area contributed by atoms with Crippen LogP contribution in [0.2, 0.25) is 5.02 Å². The molecule has 0 saturated heterocycles. The topological polar surface area (TPSA) is 40.6 Å². The standard InChI is InChI=1S/C13H17ClN2O2/c1-4-16(10(2)17)13(18)15(3)9-11-5-7-12(14)8-6-11/h5-8H,4,9H2,1-3H3. The summed E-state index contributed by atoms with van der Waals surface area (Å²) in [6, 6.07) is 6.97.